The van der Waals surface area contributed by atoms with E-state index in [9.17, 15) is 4.39 Å². The molecule has 0 spiro atoms. The second-order valence-electron chi connectivity index (χ2n) is 2.29. The lowest BCUT2D eigenvalue weighted by Gasteiger charge is -2.02. The molecule has 0 bridgehead atoms. The molecule has 0 fully saturated rings. The summed E-state index contributed by atoms with van der Waals surface area (Å²) in [5.74, 6) is -0.410. The fourth-order valence-electron chi connectivity index (χ4n) is 0.760. The summed E-state index contributed by atoms with van der Waals surface area (Å²) in [5, 5.41) is -0.0110. The molecule has 11 heavy (non-hydrogen) atoms. The van der Waals surface area contributed by atoms with Crippen LogP contribution in [-0.4, -0.2) is 0 Å². The topological polar surface area (TPSA) is 0 Å². The zero-order chi connectivity index (χ0) is 8.43. The van der Waals surface area contributed by atoms with E-state index in [2.05, 4.69) is 0 Å². The Morgan fingerprint density at radius 1 is 1.45 bits per heavy atom. The largest absolute Gasteiger partial charge is 0.205 e. The molecule has 1 atom stereocenters. The first-order valence-electron chi connectivity index (χ1n) is 3.20. The second kappa shape index (κ2) is 3.42. The lowest BCUT2D eigenvalue weighted by Crippen LogP contribution is -1.85. The van der Waals surface area contributed by atoms with Gasteiger partial charge in [-0.2, -0.15) is 0 Å². The Morgan fingerprint density at radius 2 is 2.09 bits per heavy atom. The van der Waals surface area contributed by atoms with E-state index in [1.165, 1.54) is 12.1 Å². The smallest absolute Gasteiger partial charge is 0.141 e. The Bertz CT molecular complexity index is 258. The molecule has 1 unspecified atom stereocenters. The average molecular weight is 193 g/mol. The third kappa shape index (κ3) is 2.08. The van der Waals surface area contributed by atoms with Crippen LogP contribution in [0.4, 0.5) is 4.39 Å². The Balaban J connectivity index is 3.05. The highest BCUT2D eigenvalue weighted by molar-refractivity contribution is 6.31. The van der Waals surface area contributed by atoms with Crippen molar-refractivity contribution in [2.75, 3.05) is 0 Å². The van der Waals surface area contributed by atoms with Crippen molar-refractivity contribution in [2.24, 2.45) is 0 Å². The summed E-state index contributed by atoms with van der Waals surface area (Å²) >= 11 is 11.3. The van der Waals surface area contributed by atoms with Crippen LogP contribution in [0.2, 0.25) is 5.02 Å². The quantitative estimate of drug-likeness (QED) is 0.595. The summed E-state index contributed by atoms with van der Waals surface area (Å²) < 4.78 is 12.6. The summed E-state index contributed by atoms with van der Waals surface area (Å²) in [5.41, 5.74) is 0.832. The third-order valence-corrected chi connectivity index (χ3v) is 1.94. The lowest BCUT2D eigenvalue weighted by molar-refractivity contribution is 0.627. The second-order valence-corrected chi connectivity index (χ2v) is 3.35. The minimum atomic E-state index is -0.410. The van der Waals surface area contributed by atoms with Gasteiger partial charge < -0.3 is 0 Å². The first kappa shape index (κ1) is 8.82. The maximum Gasteiger partial charge on any atom is 0.141 e. The van der Waals surface area contributed by atoms with Crippen LogP contribution < -0.4 is 0 Å². The molecule has 3 heteroatoms. The van der Waals surface area contributed by atoms with Crippen LogP contribution in [0.5, 0.6) is 0 Å². The van der Waals surface area contributed by atoms with E-state index in [-0.39, 0.29) is 10.4 Å². The molecule has 0 saturated carbocycles. The van der Waals surface area contributed by atoms with E-state index in [0.717, 1.165) is 5.56 Å². The number of rotatable bonds is 1. The molecule has 1 aromatic carbocycles. The summed E-state index contributed by atoms with van der Waals surface area (Å²) in [6, 6.07) is 4.48. The highest BCUT2D eigenvalue weighted by atomic mass is 35.5. The Kier molecular flexibility index (Phi) is 2.74. The predicted octanol–water partition coefficient (Wildman–Crippen LogP) is 3.78. The Morgan fingerprint density at radius 3 is 2.55 bits per heavy atom. The fourth-order valence-corrected chi connectivity index (χ4v) is 1.08. The first-order valence-corrected chi connectivity index (χ1v) is 4.01. The number of halogens is 3. The number of hydrogen-bond donors (Lipinski definition) is 0. The van der Waals surface area contributed by atoms with Gasteiger partial charge in [0.25, 0.3) is 0 Å². The standard InChI is InChI=1S/C8H7Cl2F/c1-5(9)6-2-3-8(11)7(10)4-6/h2-5H,1H3. The summed E-state index contributed by atoms with van der Waals surface area (Å²) in [6.45, 7) is 1.81. The van der Waals surface area contributed by atoms with E-state index in [1.54, 1.807) is 6.07 Å². The number of hydrogen-bond acceptors (Lipinski definition) is 0. The average Bonchev–Trinajstić information content (AvgIpc) is 1.94. The molecule has 0 aliphatic carbocycles. The summed E-state index contributed by atoms with van der Waals surface area (Å²) in [7, 11) is 0. The molecule has 0 heterocycles. The van der Waals surface area contributed by atoms with Crippen molar-refractivity contribution in [3.05, 3.63) is 34.6 Å². The number of benzene rings is 1. The van der Waals surface area contributed by atoms with Crippen LogP contribution in [0.3, 0.4) is 0 Å². The van der Waals surface area contributed by atoms with E-state index < -0.39 is 5.82 Å². The molecule has 0 radical (unpaired) electrons. The van der Waals surface area contributed by atoms with Gasteiger partial charge in [-0.15, -0.1) is 11.6 Å². The molecule has 1 rings (SSSR count). The van der Waals surface area contributed by atoms with Gasteiger partial charge in [-0.25, -0.2) is 4.39 Å². The van der Waals surface area contributed by atoms with E-state index in [0.29, 0.717) is 0 Å². The molecular formula is C8H7Cl2F. The molecule has 1 aromatic rings. The van der Waals surface area contributed by atoms with Gasteiger partial charge in [0.1, 0.15) is 5.82 Å². The molecule has 0 N–H and O–H groups in total. The van der Waals surface area contributed by atoms with Crippen molar-refractivity contribution in [1.82, 2.24) is 0 Å². The lowest BCUT2D eigenvalue weighted by atomic mass is 10.2. The van der Waals surface area contributed by atoms with Gasteiger partial charge in [0.2, 0.25) is 0 Å². The molecular weight excluding hydrogens is 186 g/mol. The number of alkyl halides is 1. The molecule has 0 saturated heterocycles. The highest BCUT2D eigenvalue weighted by Crippen LogP contribution is 2.24. The van der Waals surface area contributed by atoms with E-state index >= 15 is 0 Å². The van der Waals surface area contributed by atoms with Crippen LogP contribution in [0.1, 0.15) is 17.9 Å². The van der Waals surface area contributed by atoms with Gasteiger partial charge in [0, 0.05) is 0 Å². The van der Waals surface area contributed by atoms with Crippen LogP contribution in [0.15, 0.2) is 18.2 Å². The van der Waals surface area contributed by atoms with Crippen LogP contribution >= 0.6 is 23.2 Å². The van der Waals surface area contributed by atoms with Gasteiger partial charge in [-0.1, -0.05) is 17.7 Å². The summed E-state index contributed by atoms with van der Waals surface area (Å²) in [6.07, 6.45) is 0. The summed E-state index contributed by atoms with van der Waals surface area (Å²) in [4.78, 5) is 0. The predicted molar refractivity (Wildman–Crippen MR) is 45.7 cm³/mol. The minimum absolute atomic E-state index is 0.120. The molecule has 0 amide bonds. The van der Waals surface area contributed by atoms with E-state index in [4.69, 9.17) is 23.2 Å². The van der Waals surface area contributed by atoms with E-state index in [1.807, 2.05) is 6.92 Å². The highest BCUT2D eigenvalue weighted by Gasteiger charge is 2.04. The maximum atomic E-state index is 12.6. The normalized spacial score (nSPS) is 13.1. The zero-order valence-electron chi connectivity index (χ0n) is 5.94. The Hall–Kier alpha value is -0.270. The van der Waals surface area contributed by atoms with Gasteiger partial charge >= 0.3 is 0 Å². The molecule has 0 aromatic heterocycles. The van der Waals surface area contributed by atoms with Crippen molar-refractivity contribution in [1.29, 1.82) is 0 Å². The van der Waals surface area contributed by atoms with Crippen molar-refractivity contribution in [3.8, 4) is 0 Å². The molecule has 0 aliphatic rings. The fraction of sp³-hybridized carbons (Fsp3) is 0.250. The van der Waals surface area contributed by atoms with Gasteiger partial charge in [-0.3, -0.25) is 0 Å². The van der Waals surface area contributed by atoms with Crippen molar-refractivity contribution in [3.63, 3.8) is 0 Å². The Labute approximate surface area is 74.9 Å². The van der Waals surface area contributed by atoms with Crippen LogP contribution in [-0.2, 0) is 0 Å². The van der Waals surface area contributed by atoms with Crippen LogP contribution in [0.25, 0.3) is 0 Å². The van der Waals surface area contributed by atoms with Gasteiger partial charge in [-0.05, 0) is 24.6 Å². The van der Waals surface area contributed by atoms with Crippen molar-refractivity contribution < 1.29 is 4.39 Å². The van der Waals surface area contributed by atoms with Crippen molar-refractivity contribution in [2.45, 2.75) is 12.3 Å². The minimum Gasteiger partial charge on any atom is -0.205 e. The molecule has 60 valence electrons. The maximum absolute atomic E-state index is 12.6. The molecule has 0 aliphatic heterocycles. The van der Waals surface area contributed by atoms with Gasteiger partial charge in [0.15, 0.2) is 0 Å². The SMILES string of the molecule is CC(Cl)c1ccc(F)c(Cl)c1. The third-order valence-electron chi connectivity index (χ3n) is 1.40. The van der Waals surface area contributed by atoms with Gasteiger partial charge in [0.05, 0.1) is 10.4 Å². The van der Waals surface area contributed by atoms with Crippen molar-refractivity contribution >= 4 is 23.2 Å². The zero-order valence-corrected chi connectivity index (χ0v) is 7.46. The van der Waals surface area contributed by atoms with Crippen LogP contribution in [0, 0.1) is 5.82 Å². The molecule has 0 nitrogen and oxygen atoms in total. The monoisotopic (exact) mass is 192 g/mol. The first-order chi connectivity index (χ1) is 5.11.